The van der Waals surface area contributed by atoms with Gasteiger partial charge in [0.1, 0.15) is 30.0 Å². The molecule has 0 spiro atoms. The van der Waals surface area contributed by atoms with Crippen molar-refractivity contribution in [3.63, 3.8) is 0 Å². The van der Waals surface area contributed by atoms with E-state index in [1.165, 1.54) is 10.5 Å². The van der Waals surface area contributed by atoms with Crippen LogP contribution in [0, 0.1) is 17.3 Å². The third kappa shape index (κ3) is 11.4. The van der Waals surface area contributed by atoms with Crippen molar-refractivity contribution in [1.82, 2.24) is 10.2 Å². The zero-order valence-corrected chi connectivity index (χ0v) is 43.4. The molecule has 4 aromatic carbocycles. The number of nitrogens with zero attached hydrogens (tertiary/aromatic N) is 1. The van der Waals surface area contributed by atoms with E-state index in [4.69, 9.17) is 23.7 Å². The summed E-state index contributed by atoms with van der Waals surface area (Å²) in [5, 5.41) is 13.3. The van der Waals surface area contributed by atoms with Crippen LogP contribution >= 0.6 is 0 Å². The first-order chi connectivity index (χ1) is 34.9. The van der Waals surface area contributed by atoms with Gasteiger partial charge in [0.25, 0.3) is 0 Å². The molecular formula is C61H72N2O10. The number of aliphatic hydroxyl groups excluding tert-OH is 1. The van der Waals surface area contributed by atoms with E-state index in [1.807, 2.05) is 109 Å². The van der Waals surface area contributed by atoms with Gasteiger partial charge in [-0.25, -0.2) is 4.79 Å². The molecule has 0 bridgehead atoms. The monoisotopic (exact) mass is 993 g/mol. The number of rotatable bonds is 15. The fraction of sp³-hybridized carbons (Fsp3) is 0.475. The van der Waals surface area contributed by atoms with Crippen LogP contribution in [0.15, 0.2) is 132 Å². The Bertz CT molecular complexity index is 2660. The van der Waals surface area contributed by atoms with E-state index in [1.54, 1.807) is 40.0 Å². The molecule has 9 rings (SSSR count). The summed E-state index contributed by atoms with van der Waals surface area (Å²) in [6.45, 7) is 11.9. The topological polar surface area (TPSA) is 153 Å². The highest BCUT2D eigenvalue weighted by atomic mass is 16.8. The van der Waals surface area contributed by atoms with Crippen LogP contribution < -0.4 is 5.32 Å². The van der Waals surface area contributed by atoms with Gasteiger partial charge < -0.3 is 39.0 Å². The molecule has 4 aromatic rings. The lowest BCUT2D eigenvalue weighted by Gasteiger charge is -2.53. The minimum atomic E-state index is -1.43. The minimum absolute atomic E-state index is 0.0252. The van der Waals surface area contributed by atoms with Gasteiger partial charge in [0, 0.05) is 43.0 Å². The lowest BCUT2D eigenvalue weighted by Crippen LogP contribution is -2.53. The van der Waals surface area contributed by atoms with Gasteiger partial charge in [-0.1, -0.05) is 135 Å². The molecule has 2 amide bonds. The quantitative estimate of drug-likeness (QED) is 0.0870. The number of hydrogen-bond donors (Lipinski definition) is 2. The standard InChI is InChI=1S/C61H72N2O10/c1-58(2,3)72-53(65)30-28-45(38-64)62-55(66)49(33-39-19-11-8-12-20-39)63(7)56(67)42-35-50(54-51(36-42)70-61(73-54,43-22-13-9-14-23-43)44-24-15-10-16-25-44)69-57(68)46-26-18-17-21-40(46)34-41-27-29-52-60(6,71-52)32-31-48-47(41)37-59(48,4)5/h8-26,34,36,45,47-52,54,64H,27-33,35,37-38H2,1-7H3,(H,62,66)/t45-,47+,48+,49+,50+,51+,52?,54-,60+/m0/s1. The zero-order valence-electron chi connectivity index (χ0n) is 43.4. The van der Waals surface area contributed by atoms with Gasteiger partial charge in [-0.2, -0.15) is 0 Å². The van der Waals surface area contributed by atoms with E-state index in [9.17, 15) is 19.5 Å². The van der Waals surface area contributed by atoms with Gasteiger partial charge in [0.15, 0.2) is 0 Å². The van der Waals surface area contributed by atoms with Crippen molar-refractivity contribution >= 4 is 29.8 Å². The van der Waals surface area contributed by atoms with Crippen molar-refractivity contribution in [2.24, 2.45) is 17.3 Å². The Kier molecular flexibility index (Phi) is 15.0. The second-order valence-corrected chi connectivity index (χ2v) is 22.7. The van der Waals surface area contributed by atoms with E-state index in [0.29, 0.717) is 17.4 Å². The molecule has 0 radical (unpaired) electrons. The zero-order chi connectivity index (χ0) is 51.7. The Morgan fingerprint density at radius 3 is 2.14 bits per heavy atom. The fourth-order valence-corrected chi connectivity index (χ4v) is 11.8. The minimum Gasteiger partial charge on any atom is -0.460 e. The SMILES string of the molecule is CN(C(=O)C1=C[C@H]2OC(c3ccccc3)(c3ccccc3)O[C@H]2[C@H](OC(=O)c2ccccc2C=C2CCC3O[C@]3(C)CC[C@@H]3[C@@H]2CC3(C)C)C1)[C@H](Cc1ccccc1)C(=O)N[C@H](CO)CCC(=O)OC(C)(C)C. The number of benzene rings is 4. The van der Waals surface area contributed by atoms with Crippen molar-refractivity contribution < 1.29 is 48.0 Å². The Morgan fingerprint density at radius 1 is 0.849 bits per heavy atom. The number of allylic oxidation sites excluding steroid dienone is 1. The third-order valence-electron chi connectivity index (χ3n) is 15.9. The van der Waals surface area contributed by atoms with Gasteiger partial charge in [0.2, 0.25) is 17.6 Å². The summed E-state index contributed by atoms with van der Waals surface area (Å²) >= 11 is 0. The van der Waals surface area contributed by atoms with Crippen molar-refractivity contribution in [1.29, 1.82) is 0 Å². The van der Waals surface area contributed by atoms with Gasteiger partial charge in [0.05, 0.1) is 29.9 Å². The number of carbonyl (C=O) groups excluding carboxylic acids is 4. The number of likely N-dealkylation sites (N-methyl/N-ethyl adjacent to an activating group) is 1. The number of amides is 2. The van der Waals surface area contributed by atoms with Crippen LogP contribution in [0.5, 0.6) is 0 Å². The lowest BCUT2D eigenvalue weighted by molar-refractivity contribution is -0.157. The maximum atomic E-state index is 15.1. The number of carbonyl (C=O) groups is 4. The molecule has 2 saturated heterocycles. The predicted molar refractivity (Wildman–Crippen MR) is 278 cm³/mol. The molecule has 2 heterocycles. The van der Waals surface area contributed by atoms with Crippen LogP contribution in [-0.4, -0.2) is 95.1 Å². The summed E-state index contributed by atoms with van der Waals surface area (Å²) in [5.74, 6) is -2.46. The molecule has 2 N–H and O–H groups in total. The Labute approximate surface area is 430 Å². The van der Waals surface area contributed by atoms with Crippen molar-refractivity contribution in [3.8, 4) is 0 Å². The third-order valence-corrected chi connectivity index (χ3v) is 15.9. The Balaban J connectivity index is 1.03. The molecule has 73 heavy (non-hydrogen) atoms. The number of aliphatic hydroxyl groups is 1. The summed E-state index contributed by atoms with van der Waals surface area (Å²) in [5.41, 5.74) is 4.55. The molecule has 12 heteroatoms. The summed E-state index contributed by atoms with van der Waals surface area (Å²) in [6, 6.07) is 34.3. The highest BCUT2D eigenvalue weighted by Gasteiger charge is 2.57. The molecular weight excluding hydrogens is 921 g/mol. The smallest absolute Gasteiger partial charge is 0.339 e. The van der Waals surface area contributed by atoms with Crippen LogP contribution in [0.2, 0.25) is 0 Å². The Hall–Kier alpha value is -5.92. The molecule has 1 unspecified atom stereocenters. The highest BCUT2D eigenvalue weighted by Crippen LogP contribution is 2.60. The molecule has 0 aromatic heterocycles. The van der Waals surface area contributed by atoms with E-state index >= 15 is 4.79 Å². The average Bonchev–Trinajstić information content (AvgIpc) is 3.83. The van der Waals surface area contributed by atoms with Crippen molar-refractivity contribution in [3.05, 3.63) is 160 Å². The number of esters is 2. The molecule has 5 aliphatic rings. The molecule has 2 aliphatic heterocycles. The number of ether oxygens (including phenoxy) is 5. The molecule has 4 fully saturated rings. The molecule has 3 aliphatic carbocycles. The summed E-state index contributed by atoms with van der Waals surface area (Å²) in [4.78, 5) is 58.5. The number of epoxide rings is 1. The number of fused-ring (bicyclic) bond motifs is 3. The summed E-state index contributed by atoms with van der Waals surface area (Å²) in [6.07, 6.45) is 6.80. The van der Waals surface area contributed by atoms with E-state index in [-0.39, 0.29) is 48.4 Å². The van der Waals surface area contributed by atoms with Crippen LogP contribution in [0.25, 0.3) is 6.08 Å². The van der Waals surface area contributed by atoms with Gasteiger partial charge >= 0.3 is 11.9 Å². The largest absolute Gasteiger partial charge is 0.460 e. The lowest BCUT2D eigenvalue weighted by atomic mass is 9.52. The molecule has 386 valence electrons. The molecule has 2 saturated carbocycles. The summed E-state index contributed by atoms with van der Waals surface area (Å²) < 4.78 is 32.5. The van der Waals surface area contributed by atoms with Crippen LogP contribution in [0.4, 0.5) is 0 Å². The van der Waals surface area contributed by atoms with Crippen LogP contribution in [0.3, 0.4) is 0 Å². The van der Waals surface area contributed by atoms with E-state index in [2.05, 4.69) is 32.2 Å². The second-order valence-electron chi connectivity index (χ2n) is 22.7. The van der Waals surface area contributed by atoms with Crippen molar-refractivity contribution in [2.45, 2.75) is 153 Å². The van der Waals surface area contributed by atoms with Crippen LogP contribution in [-0.2, 0) is 50.3 Å². The average molecular weight is 993 g/mol. The highest BCUT2D eigenvalue weighted by molar-refractivity contribution is 5.98. The summed E-state index contributed by atoms with van der Waals surface area (Å²) in [7, 11) is 1.58. The first-order valence-corrected chi connectivity index (χ1v) is 26.2. The van der Waals surface area contributed by atoms with Gasteiger partial charge in [-0.3, -0.25) is 14.4 Å². The van der Waals surface area contributed by atoms with E-state index < -0.39 is 72.1 Å². The Morgan fingerprint density at radius 2 is 1.49 bits per heavy atom. The molecule has 9 atom stereocenters. The van der Waals surface area contributed by atoms with Crippen molar-refractivity contribution in [2.75, 3.05) is 13.7 Å². The molecule has 12 nitrogen and oxygen atoms in total. The second kappa shape index (κ2) is 21.1. The van der Waals surface area contributed by atoms with Gasteiger partial charge in [-0.15, -0.1) is 0 Å². The number of nitrogens with one attached hydrogen (secondary N) is 1. The maximum Gasteiger partial charge on any atom is 0.339 e. The van der Waals surface area contributed by atoms with Gasteiger partial charge in [-0.05, 0) is 107 Å². The predicted octanol–water partition coefficient (Wildman–Crippen LogP) is 9.67. The first-order valence-electron chi connectivity index (χ1n) is 26.2. The van der Waals surface area contributed by atoms with Crippen LogP contribution in [0.1, 0.15) is 126 Å². The maximum absolute atomic E-state index is 15.1. The normalized spacial score (nSPS) is 27.1. The first kappa shape index (κ1) is 52.0. The number of hydrogen-bond acceptors (Lipinski definition) is 10. The fourth-order valence-electron chi connectivity index (χ4n) is 11.8. The van der Waals surface area contributed by atoms with E-state index in [0.717, 1.165) is 54.4 Å².